The first-order valence-electron chi connectivity index (χ1n) is 10.4. The fraction of sp³-hybridized carbons (Fsp3) is 0.250. The van der Waals surface area contributed by atoms with Crippen LogP contribution in [0.2, 0.25) is 0 Å². The Morgan fingerprint density at radius 3 is 2.48 bits per heavy atom. The minimum absolute atomic E-state index is 0.0994. The third-order valence-electron chi connectivity index (χ3n) is 5.46. The van der Waals surface area contributed by atoms with Crippen molar-refractivity contribution in [2.24, 2.45) is 0 Å². The molecule has 3 aromatic rings. The zero-order chi connectivity index (χ0) is 23.0. The Hall–Kier alpha value is -3.20. The number of anilines is 1. The minimum Gasteiger partial charge on any atom is -0.486 e. The topological polar surface area (TPSA) is 51.7 Å². The Morgan fingerprint density at radius 2 is 1.73 bits per heavy atom. The number of carbonyl (C=O) groups excluding carboxylic acids is 1. The lowest BCUT2D eigenvalue weighted by atomic mass is 10.0. The van der Waals surface area contributed by atoms with Gasteiger partial charge in [-0.15, -0.1) is 0 Å². The second-order valence-corrected chi connectivity index (χ2v) is 8.84. The second kappa shape index (κ2) is 8.62. The van der Waals surface area contributed by atoms with Crippen molar-refractivity contribution in [3.05, 3.63) is 60.3 Å². The molecule has 0 atom stereocenters. The van der Waals surface area contributed by atoms with E-state index in [0.717, 1.165) is 17.8 Å². The number of ketones is 1. The van der Waals surface area contributed by atoms with Gasteiger partial charge in [0.2, 0.25) is 0 Å². The number of rotatable bonds is 4. The van der Waals surface area contributed by atoms with Gasteiger partial charge in [-0.25, -0.2) is 4.98 Å². The highest BCUT2D eigenvalue weighted by Crippen LogP contribution is 2.43. The van der Waals surface area contributed by atoms with E-state index < -0.39 is 11.7 Å². The number of pyridine rings is 1. The molecule has 0 spiro atoms. The highest BCUT2D eigenvalue weighted by molar-refractivity contribution is 7.99. The summed E-state index contributed by atoms with van der Waals surface area (Å²) in [6, 6.07) is 12.8. The highest BCUT2D eigenvalue weighted by Gasteiger charge is 2.34. The smallest absolute Gasteiger partial charge is 0.417 e. The maximum absolute atomic E-state index is 14.0. The van der Waals surface area contributed by atoms with Gasteiger partial charge in [0.15, 0.2) is 17.3 Å². The lowest BCUT2D eigenvalue weighted by Gasteiger charge is -2.19. The summed E-state index contributed by atoms with van der Waals surface area (Å²) in [5, 5.41) is 0. The van der Waals surface area contributed by atoms with E-state index >= 15 is 0 Å². The fourth-order valence-corrected chi connectivity index (χ4v) is 4.81. The summed E-state index contributed by atoms with van der Waals surface area (Å²) in [4.78, 5) is 18.4. The molecule has 0 bridgehead atoms. The van der Waals surface area contributed by atoms with Crippen molar-refractivity contribution < 1.29 is 27.4 Å². The Balaban J connectivity index is 1.46. The zero-order valence-electron chi connectivity index (χ0n) is 17.4. The van der Waals surface area contributed by atoms with Crippen molar-refractivity contribution in [2.75, 3.05) is 31.2 Å². The lowest BCUT2D eigenvalue weighted by molar-refractivity contribution is -0.139. The average Bonchev–Trinajstić information content (AvgIpc) is 3.25. The summed E-state index contributed by atoms with van der Waals surface area (Å²) in [5.41, 5.74) is 0.332. The molecule has 0 unspecified atom stereocenters. The molecule has 2 aromatic carbocycles. The van der Waals surface area contributed by atoms with Gasteiger partial charge >= 0.3 is 6.18 Å². The van der Waals surface area contributed by atoms with Crippen molar-refractivity contribution in [3.8, 4) is 22.6 Å². The summed E-state index contributed by atoms with van der Waals surface area (Å²) in [7, 11) is 0. The van der Waals surface area contributed by atoms with E-state index in [0.29, 0.717) is 59.5 Å². The SMILES string of the molecule is O=C1CCN(c2cc(-c3ccc(Sc4ccc5c(c4)OCCO5)c(C(F)(F)F)c3)ccn2)C1. The number of nitrogens with zero attached hydrogens (tertiary/aromatic N) is 2. The molecule has 2 aliphatic rings. The Bertz CT molecular complexity index is 1220. The molecular weight excluding hydrogens is 453 g/mol. The summed E-state index contributed by atoms with van der Waals surface area (Å²) < 4.78 is 52.9. The quantitative estimate of drug-likeness (QED) is 0.502. The molecule has 33 heavy (non-hydrogen) atoms. The van der Waals surface area contributed by atoms with Crippen LogP contribution in [0.1, 0.15) is 12.0 Å². The van der Waals surface area contributed by atoms with E-state index in [4.69, 9.17) is 9.47 Å². The number of aromatic nitrogens is 1. The van der Waals surface area contributed by atoms with Gasteiger partial charge < -0.3 is 14.4 Å². The van der Waals surface area contributed by atoms with Crippen LogP contribution in [0.5, 0.6) is 11.5 Å². The van der Waals surface area contributed by atoms with Crippen molar-refractivity contribution in [1.29, 1.82) is 0 Å². The normalized spacial score (nSPS) is 15.7. The molecule has 5 nitrogen and oxygen atoms in total. The number of fused-ring (bicyclic) bond motifs is 1. The number of Topliss-reactive ketones (excluding diaryl/α,β-unsaturated/α-hetero) is 1. The van der Waals surface area contributed by atoms with Crippen molar-refractivity contribution in [3.63, 3.8) is 0 Å². The molecule has 2 aliphatic heterocycles. The largest absolute Gasteiger partial charge is 0.486 e. The van der Waals surface area contributed by atoms with E-state index in [2.05, 4.69) is 4.98 Å². The molecule has 5 rings (SSSR count). The third-order valence-corrected chi connectivity index (χ3v) is 6.52. The first-order chi connectivity index (χ1) is 15.9. The van der Waals surface area contributed by atoms with E-state index in [1.54, 1.807) is 42.6 Å². The molecule has 0 saturated carbocycles. The van der Waals surface area contributed by atoms with Gasteiger partial charge in [0, 0.05) is 29.0 Å². The van der Waals surface area contributed by atoms with Crippen LogP contribution in [-0.2, 0) is 11.0 Å². The molecule has 0 N–H and O–H groups in total. The molecule has 170 valence electrons. The van der Waals surface area contributed by atoms with Crippen molar-refractivity contribution in [2.45, 2.75) is 22.4 Å². The summed E-state index contributed by atoms with van der Waals surface area (Å²) >= 11 is 1.03. The summed E-state index contributed by atoms with van der Waals surface area (Å²) in [6.45, 7) is 1.69. The van der Waals surface area contributed by atoms with Gasteiger partial charge in [-0.3, -0.25) is 4.79 Å². The monoisotopic (exact) mass is 472 g/mol. The molecule has 9 heteroatoms. The predicted octanol–water partition coefficient (Wildman–Crippen LogP) is 5.47. The van der Waals surface area contributed by atoms with Crippen molar-refractivity contribution >= 4 is 23.4 Å². The van der Waals surface area contributed by atoms with Gasteiger partial charge in [0.25, 0.3) is 0 Å². The van der Waals surface area contributed by atoms with E-state index in [1.807, 2.05) is 4.90 Å². The molecule has 0 radical (unpaired) electrons. The van der Waals surface area contributed by atoms with E-state index in [9.17, 15) is 18.0 Å². The number of hydrogen-bond acceptors (Lipinski definition) is 6. The number of ether oxygens (including phenoxy) is 2. The predicted molar refractivity (Wildman–Crippen MR) is 118 cm³/mol. The number of carbonyl (C=O) groups is 1. The standard InChI is InChI=1S/C24H19F3N2O3S/c25-24(26,27)19-11-15(16-5-7-28-23(12-16)29-8-6-17(30)14-29)1-4-22(19)33-18-2-3-20-21(13-18)32-10-9-31-20/h1-5,7,11-13H,6,8-10,14H2. The maximum atomic E-state index is 14.0. The van der Waals surface area contributed by atoms with Crippen LogP contribution in [0, 0.1) is 0 Å². The van der Waals surface area contributed by atoms with Crippen molar-refractivity contribution in [1.82, 2.24) is 4.98 Å². The van der Waals surface area contributed by atoms with Gasteiger partial charge in [0.05, 0.1) is 12.1 Å². The number of halogens is 3. The van der Waals surface area contributed by atoms with Crippen LogP contribution in [-0.4, -0.2) is 37.1 Å². The van der Waals surface area contributed by atoms with Crippen LogP contribution in [0.25, 0.3) is 11.1 Å². The minimum atomic E-state index is -4.52. The number of alkyl halides is 3. The number of hydrogen-bond donors (Lipinski definition) is 0. The highest BCUT2D eigenvalue weighted by atomic mass is 32.2. The Kier molecular flexibility index (Phi) is 5.65. The fourth-order valence-electron chi connectivity index (χ4n) is 3.83. The van der Waals surface area contributed by atoms with E-state index in [1.165, 1.54) is 6.07 Å². The molecule has 0 amide bonds. The Morgan fingerprint density at radius 1 is 0.939 bits per heavy atom. The van der Waals surface area contributed by atoms with Crippen LogP contribution >= 0.6 is 11.8 Å². The molecule has 1 saturated heterocycles. The van der Waals surface area contributed by atoms with Crippen LogP contribution in [0.4, 0.5) is 19.0 Å². The Labute approximate surface area is 192 Å². The molecular formula is C24H19F3N2O3S. The van der Waals surface area contributed by atoms with Crippen LogP contribution in [0.15, 0.2) is 64.5 Å². The van der Waals surface area contributed by atoms with Crippen LogP contribution in [0.3, 0.4) is 0 Å². The maximum Gasteiger partial charge on any atom is 0.417 e. The van der Waals surface area contributed by atoms with Gasteiger partial charge in [-0.1, -0.05) is 17.8 Å². The second-order valence-electron chi connectivity index (χ2n) is 7.73. The van der Waals surface area contributed by atoms with Gasteiger partial charge in [0.1, 0.15) is 19.0 Å². The third kappa shape index (κ3) is 4.64. The molecule has 0 aliphatic carbocycles. The number of benzene rings is 2. The average molecular weight is 472 g/mol. The summed E-state index contributed by atoms with van der Waals surface area (Å²) in [5.74, 6) is 1.83. The zero-order valence-corrected chi connectivity index (χ0v) is 18.2. The molecule has 1 fully saturated rings. The molecule has 3 heterocycles. The first-order valence-corrected chi connectivity index (χ1v) is 11.2. The van der Waals surface area contributed by atoms with E-state index in [-0.39, 0.29) is 17.2 Å². The van der Waals surface area contributed by atoms with Gasteiger partial charge in [-0.05, 0) is 53.6 Å². The lowest BCUT2D eigenvalue weighted by Crippen LogP contribution is -2.20. The van der Waals surface area contributed by atoms with Gasteiger partial charge in [-0.2, -0.15) is 13.2 Å². The van der Waals surface area contributed by atoms with Crippen LogP contribution < -0.4 is 14.4 Å². The molecule has 1 aromatic heterocycles. The summed E-state index contributed by atoms with van der Waals surface area (Å²) in [6.07, 6.45) is -2.52. The first kappa shape index (κ1) is 21.6.